The van der Waals surface area contributed by atoms with E-state index in [1.54, 1.807) is 6.20 Å². The van der Waals surface area contributed by atoms with Crippen molar-refractivity contribution in [2.24, 2.45) is 0 Å². The van der Waals surface area contributed by atoms with Crippen LogP contribution in [0.1, 0.15) is 5.56 Å². The number of anilines is 1. The van der Waals surface area contributed by atoms with Crippen LogP contribution in [-0.4, -0.2) is 4.98 Å². The molecule has 1 aromatic heterocycles. The van der Waals surface area contributed by atoms with Crippen LogP contribution in [0.15, 0.2) is 54.7 Å². The molecule has 3 aromatic rings. The van der Waals surface area contributed by atoms with Gasteiger partial charge in [-0.15, -0.1) is 0 Å². The molecule has 0 saturated heterocycles. The summed E-state index contributed by atoms with van der Waals surface area (Å²) in [5, 5.41) is 1.08. The van der Waals surface area contributed by atoms with Crippen molar-refractivity contribution in [1.29, 1.82) is 0 Å². The monoisotopic (exact) mass is 234 g/mol. The molecule has 0 aliphatic heterocycles. The van der Waals surface area contributed by atoms with Crippen LogP contribution in [0.5, 0.6) is 0 Å². The Morgan fingerprint density at radius 1 is 0.944 bits per heavy atom. The second-order valence-corrected chi connectivity index (χ2v) is 4.51. The molecule has 1 heterocycles. The Morgan fingerprint density at radius 2 is 1.72 bits per heavy atom. The number of hydrogen-bond acceptors (Lipinski definition) is 2. The first-order chi connectivity index (χ1) is 8.74. The Balaban J connectivity index is 2.21. The second-order valence-electron chi connectivity index (χ2n) is 4.51. The highest BCUT2D eigenvalue weighted by molar-refractivity contribution is 5.93. The molecular formula is C16H14N2. The molecule has 2 N–H and O–H groups in total. The summed E-state index contributed by atoms with van der Waals surface area (Å²) in [6.45, 7) is 2.09. The highest BCUT2D eigenvalue weighted by atomic mass is 14.7. The van der Waals surface area contributed by atoms with Crippen LogP contribution >= 0.6 is 0 Å². The van der Waals surface area contributed by atoms with E-state index in [9.17, 15) is 0 Å². The Kier molecular flexibility index (Phi) is 2.49. The fraction of sp³-hybridized carbons (Fsp3) is 0.0625. The maximum absolute atomic E-state index is 6.06. The minimum atomic E-state index is 0.726. The van der Waals surface area contributed by atoms with Crippen LogP contribution in [0.4, 0.5) is 5.69 Å². The third-order valence-electron chi connectivity index (χ3n) is 3.12. The lowest BCUT2D eigenvalue weighted by atomic mass is 10.0. The lowest BCUT2D eigenvalue weighted by molar-refractivity contribution is 1.41. The minimum Gasteiger partial charge on any atom is -0.397 e. The number of aryl methyl sites for hydroxylation is 1. The van der Waals surface area contributed by atoms with E-state index in [1.807, 2.05) is 18.2 Å². The summed E-state index contributed by atoms with van der Waals surface area (Å²) >= 11 is 0. The molecule has 0 radical (unpaired) electrons. The second kappa shape index (κ2) is 4.15. The highest BCUT2D eigenvalue weighted by Gasteiger charge is 2.04. The first kappa shape index (κ1) is 10.8. The van der Waals surface area contributed by atoms with E-state index < -0.39 is 0 Å². The van der Waals surface area contributed by atoms with E-state index in [4.69, 9.17) is 5.73 Å². The normalized spacial score (nSPS) is 10.7. The van der Waals surface area contributed by atoms with Gasteiger partial charge in [0.25, 0.3) is 0 Å². The van der Waals surface area contributed by atoms with Crippen molar-refractivity contribution in [3.05, 3.63) is 60.3 Å². The third kappa shape index (κ3) is 1.82. The van der Waals surface area contributed by atoms with Gasteiger partial charge in [0.05, 0.1) is 11.2 Å². The number of benzene rings is 2. The van der Waals surface area contributed by atoms with Crippen molar-refractivity contribution in [3.63, 3.8) is 0 Å². The molecule has 0 bridgehead atoms. The van der Waals surface area contributed by atoms with Crippen molar-refractivity contribution < 1.29 is 0 Å². The van der Waals surface area contributed by atoms with Crippen LogP contribution in [0.3, 0.4) is 0 Å². The zero-order valence-corrected chi connectivity index (χ0v) is 10.2. The number of fused-ring (bicyclic) bond motifs is 1. The molecule has 2 nitrogen and oxygen atoms in total. The van der Waals surface area contributed by atoms with Gasteiger partial charge in [0, 0.05) is 11.6 Å². The van der Waals surface area contributed by atoms with E-state index in [2.05, 4.69) is 42.2 Å². The van der Waals surface area contributed by atoms with Crippen molar-refractivity contribution in [2.75, 3.05) is 5.73 Å². The van der Waals surface area contributed by atoms with E-state index in [-0.39, 0.29) is 0 Å². The molecule has 2 heteroatoms. The SMILES string of the molecule is Cc1ccc(-c2cc(N)c3ncccc3c2)cc1. The van der Waals surface area contributed by atoms with Gasteiger partial charge in [-0.1, -0.05) is 35.9 Å². The lowest BCUT2D eigenvalue weighted by Crippen LogP contribution is -1.91. The summed E-state index contributed by atoms with van der Waals surface area (Å²) in [5.74, 6) is 0. The van der Waals surface area contributed by atoms with Crippen LogP contribution in [0.25, 0.3) is 22.0 Å². The Labute approximate surface area is 106 Å². The van der Waals surface area contributed by atoms with E-state index in [0.29, 0.717) is 0 Å². The Bertz CT molecular complexity index is 700. The number of nitrogens with two attached hydrogens (primary N) is 1. The van der Waals surface area contributed by atoms with Crippen LogP contribution in [0.2, 0.25) is 0 Å². The molecule has 0 atom stereocenters. The third-order valence-corrected chi connectivity index (χ3v) is 3.12. The van der Waals surface area contributed by atoms with Crippen molar-refractivity contribution in [3.8, 4) is 11.1 Å². The molecule has 88 valence electrons. The number of rotatable bonds is 1. The van der Waals surface area contributed by atoms with Gasteiger partial charge in [0.15, 0.2) is 0 Å². The fourth-order valence-electron chi connectivity index (χ4n) is 2.13. The van der Waals surface area contributed by atoms with Crippen molar-refractivity contribution in [2.45, 2.75) is 6.92 Å². The summed E-state index contributed by atoms with van der Waals surface area (Å²) < 4.78 is 0. The maximum atomic E-state index is 6.06. The Hall–Kier alpha value is -2.35. The van der Waals surface area contributed by atoms with Crippen molar-refractivity contribution in [1.82, 2.24) is 4.98 Å². The van der Waals surface area contributed by atoms with Gasteiger partial charge < -0.3 is 5.73 Å². The van der Waals surface area contributed by atoms with Crippen LogP contribution in [-0.2, 0) is 0 Å². The number of pyridine rings is 1. The summed E-state index contributed by atoms with van der Waals surface area (Å²) in [5.41, 5.74) is 11.2. The smallest absolute Gasteiger partial charge is 0.0931 e. The van der Waals surface area contributed by atoms with E-state index >= 15 is 0 Å². The highest BCUT2D eigenvalue weighted by Crippen LogP contribution is 2.28. The quantitative estimate of drug-likeness (QED) is 0.650. The van der Waals surface area contributed by atoms with E-state index in [0.717, 1.165) is 22.2 Å². The maximum Gasteiger partial charge on any atom is 0.0931 e. The average Bonchev–Trinajstić information content (AvgIpc) is 2.39. The van der Waals surface area contributed by atoms with Gasteiger partial charge >= 0.3 is 0 Å². The summed E-state index contributed by atoms with van der Waals surface area (Å²) in [6, 6.07) is 16.5. The first-order valence-corrected chi connectivity index (χ1v) is 5.95. The first-order valence-electron chi connectivity index (χ1n) is 5.95. The van der Waals surface area contributed by atoms with E-state index in [1.165, 1.54) is 11.1 Å². The molecule has 2 aromatic carbocycles. The molecule has 0 unspecified atom stereocenters. The molecule has 0 amide bonds. The standard InChI is InChI=1S/C16H14N2/c1-11-4-6-12(7-5-11)14-9-13-3-2-8-18-16(13)15(17)10-14/h2-10H,17H2,1H3. The molecule has 0 fully saturated rings. The molecule has 0 aliphatic rings. The zero-order chi connectivity index (χ0) is 12.5. The minimum absolute atomic E-state index is 0.726. The predicted octanol–water partition coefficient (Wildman–Crippen LogP) is 3.79. The fourth-order valence-corrected chi connectivity index (χ4v) is 2.13. The van der Waals surface area contributed by atoms with Gasteiger partial charge in [0.2, 0.25) is 0 Å². The topological polar surface area (TPSA) is 38.9 Å². The van der Waals surface area contributed by atoms with Gasteiger partial charge in [-0.05, 0) is 36.2 Å². The number of nitrogens with zero attached hydrogens (tertiary/aromatic N) is 1. The van der Waals surface area contributed by atoms with Gasteiger partial charge in [-0.2, -0.15) is 0 Å². The summed E-state index contributed by atoms with van der Waals surface area (Å²) in [7, 11) is 0. The predicted molar refractivity (Wildman–Crippen MR) is 76.3 cm³/mol. The zero-order valence-electron chi connectivity index (χ0n) is 10.2. The van der Waals surface area contributed by atoms with Gasteiger partial charge in [-0.3, -0.25) is 4.98 Å². The molecule has 0 saturated carbocycles. The molecular weight excluding hydrogens is 220 g/mol. The molecule has 18 heavy (non-hydrogen) atoms. The van der Waals surface area contributed by atoms with Crippen LogP contribution < -0.4 is 5.73 Å². The van der Waals surface area contributed by atoms with Crippen LogP contribution in [0, 0.1) is 6.92 Å². The molecule has 0 aliphatic carbocycles. The average molecular weight is 234 g/mol. The number of hydrogen-bond donors (Lipinski definition) is 1. The molecule has 3 rings (SSSR count). The number of aromatic nitrogens is 1. The summed E-state index contributed by atoms with van der Waals surface area (Å²) in [6.07, 6.45) is 1.77. The van der Waals surface area contributed by atoms with Gasteiger partial charge in [0.1, 0.15) is 0 Å². The van der Waals surface area contributed by atoms with Gasteiger partial charge in [-0.25, -0.2) is 0 Å². The number of nitrogen functional groups attached to an aromatic ring is 1. The van der Waals surface area contributed by atoms with Crippen molar-refractivity contribution >= 4 is 16.6 Å². The summed E-state index contributed by atoms with van der Waals surface area (Å²) in [4.78, 5) is 4.30. The lowest BCUT2D eigenvalue weighted by Gasteiger charge is -2.07. The largest absolute Gasteiger partial charge is 0.397 e. The Morgan fingerprint density at radius 3 is 2.50 bits per heavy atom. The molecule has 0 spiro atoms.